The fourth-order valence-electron chi connectivity index (χ4n) is 1.48. The summed E-state index contributed by atoms with van der Waals surface area (Å²) in [5.74, 6) is -0.367. The molecule has 1 aromatic carbocycles. The normalized spacial score (nSPS) is 12.7. The van der Waals surface area contributed by atoms with Crippen LogP contribution in [0.2, 0.25) is 0 Å². The van der Waals surface area contributed by atoms with E-state index in [2.05, 4.69) is 0 Å². The summed E-state index contributed by atoms with van der Waals surface area (Å²) in [5, 5.41) is 11.8. The molecule has 2 aromatic rings. The third kappa shape index (κ3) is 2.08. The molecule has 0 aliphatic heterocycles. The van der Waals surface area contributed by atoms with Crippen molar-refractivity contribution in [3.8, 4) is 0 Å². The van der Waals surface area contributed by atoms with E-state index in [1.54, 1.807) is 29.5 Å². The first-order valence-electron chi connectivity index (χ1n) is 4.66. The molecule has 0 fully saturated rings. The molecule has 0 spiro atoms. The average Bonchev–Trinajstić information content (AvgIpc) is 2.65. The number of benzene rings is 1. The predicted molar refractivity (Wildman–Crippen MR) is 59.5 cm³/mol. The molecule has 1 N–H and O–H groups in total. The molecule has 1 heterocycles. The number of hydrogen-bond acceptors (Lipinski definition) is 2. The number of halogens is 1. The van der Waals surface area contributed by atoms with E-state index in [1.807, 2.05) is 18.4 Å². The summed E-state index contributed by atoms with van der Waals surface area (Å²) in [6.07, 6.45) is -0.865. The van der Waals surface area contributed by atoms with Crippen molar-refractivity contribution in [1.29, 1.82) is 0 Å². The number of aryl methyl sites for hydroxylation is 1. The maximum Gasteiger partial charge on any atom is 0.129 e. The Morgan fingerprint density at radius 3 is 2.67 bits per heavy atom. The van der Waals surface area contributed by atoms with Crippen molar-refractivity contribution < 1.29 is 9.50 Å². The number of aliphatic hydroxyl groups is 1. The van der Waals surface area contributed by atoms with E-state index in [9.17, 15) is 9.50 Å². The van der Waals surface area contributed by atoms with Crippen molar-refractivity contribution in [3.05, 3.63) is 57.5 Å². The Bertz CT molecular complexity index is 464. The van der Waals surface area contributed by atoms with Crippen LogP contribution in [-0.4, -0.2) is 5.11 Å². The molecule has 0 radical (unpaired) electrons. The van der Waals surface area contributed by atoms with Crippen molar-refractivity contribution in [3.63, 3.8) is 0 Å². The molecular formula is C12H11FOS. The summed E-state index contributed by atoms with van der Waals surface area (Å²) in [6, 6.07) is 8.18. The standard InChI is InChI=1S/C12H11FOS/c1-8-6-9(7-15-8)12(14)10-4-2-3-5-11(10)13/h2-7,12,14H,1H3. The second-order valence-corrected chi connectivity index (χ2v) is 4.53. The van der Waals surface area contributed by atoms with Crippen LogP contribution in [0.4, 0.5) is 4.39 Å². The van der Waals surface area contributed by atoms with Crippen molar-refractivity contribution in [2.24, 2.45) is 0 Å². The van der Waals surface area contributed by atoms with Crippen LogP contribution in [0.5, 0.6) is 0 Å². The monoisotopic (exact) mass is 222 g/mol. The molecule has 1 atom stereocenters. The first-order valence-corrected chi connectivity index (χ1v) is 5.54. The van der Waals surface area contributed by atoms with Crippen LogP contribution < -0.4 is 0 Å². The number of aliphatic hydroxyl groups excluding tert-OH is 1. The van der Waals surface area contributed by atoms with Crippen molar-refractivity contribution in [2.75, 3.05) is 0 Å². The molecule has 0 aliphatic rings. The molecule has 0 aliphatic carbocycles. The molecule has 0 bridgehead atoms. The van der Waals surface area contributed by atoms with E-state index < -0.39 is 6.10 Å². The molecule has 0 saturated carbocycles. The van der Waals surface area contributed by atoms with Crippen LogP contribution >= 0.6 is 11.3 Å². The topological polar surface area (TPSA) is 20.2 Å². The zero-order valence-electron chi connectivity index (χ0n) is 8.27. The molecule has 0 amide bonds. The second kappa shape index (κ2) is 4.13. The van der Waals surface area contributed by atoms with Gasteiger partial charge >= 0.3 is 0 Å². The minimum Gasteiger partial charge on any atom is -0.384 e. The Balaban J connectivity index is 2.36. The highest BCUT2D eigenvalue weighted by molar-refractivity contribution is 7.10. The van der Waals surface area contributed by atoms with Crippen LogP contribution in [0.25, 0.3) is 0 Å². The Kier molecular flexibility index (Phi) is 2.84. The maximum atomic E-state index is 13.4. The third-order valence-electron chi connectivity index (χ3n) is 2.27. The van der Waals surface area contributed by atoms with Gasteiger partial charge in [-0.2, -0.15) is 0 Å². The van der Waals surface area contributed by atoms with Gasteiger partial charge in [-0.15, -0.1) is 11.3 Å². The summed E-state index contributed by atoms with van der Waals surface area (Å²) in [6.45, 7) is 1.96. The number of rotatable bonds is 2. The first-order chi connectivity index (χ1) is 7.18. The second-order valence-electron chi connectivity index (χ2n) is 3.41. The molecule has 1 nitrogen and oxygen atoms in total. The van der Waals surface area contributed by atoms with Gasteiger partial charge in [-0.1, -0.05) is 18.2 Å². The van der Waals surface area contributed by atoms with E-state index in [0.717, 1.165) is 10.4 Å². The Hall–Kier alpha value is -1.19. The van der Waals surface area contributed by atoms with Gasteiger partial charge in [0.2, 0.25) is 0 Å². The average molecular weight is 222 g/mol. The predicted octanol–water partition coefficient (Wildman–Crippen LogP) is 3.28. The van der Waals surface area contributed by atoms with Gasteiger partial charge in [0.1, 0.15) is 11.9 Å². The summed E-state index contributed by atoms with van der Waals surface area (Å²) in [5.41, 5.74) is 1.08. The fourth-order valence-corrected chi connectivity index (χ4v) is 2.21. The van der Waals surface area contributed by atoms with E-state index >= 15 is 0 Å². The van der Waals surface area contributed by atoms with E-state index in [-0.39, 0.29) is 5.82 Å². The van der Waals surface area contributed by atoms with Crippen molar-refractivity contribution in [1.82, 2.24) is 0 Å². The van der Waals surface area contributed by atoms with Crippen LogP contribution in [0, 0.1) is 12.7 Å². The van der Waals surface area contributed by atoms with Crippen LogP contribution in [0.15, 0.2) is 35.7 Å². The third-order valence-corrected chi connectivity index (χ3v) is 3.15. The Morgan fingerprint density at radius 1 is 1.33 bits per heavy atom. The van der Waals surface area contributed by atoms with Crippen LogP contribution in [-0.2, 0) is 0 Å². The molecule has 2 rings (SSSR count). The van der Waals surface area contributed by atoms with Crippen LogP contribution in [0.1, 0.15) is 22.1 Å². The van der Waals surface area contributed by atoms with E-state index in [1.165, 1.54) is 6.07 Å². The lowest BCUT2D eigenvalue weighted by atomic mass is 10.0. The van der Waals surface area contributed by atoms with E-state index in [0.29, 0.717) is 5.56 Å². The number of thiophene rings is 1. The molecule has 1 aromatic heterocycles. The summed E-state index contributed by atoms with van der Waals surface area (Å²) in [4.78, 5) is 1.11. The SMILES string of the molecule is Cc1cc(C(O)c2ccccc2F)cs1. The van der Waals surface area contributed by atoms with Gasteiger partial charge in [-0.25, -0.2) is 4.39 Å². The number of hydrogen-bond donors (Lipinski definition) is 1. The first kappa shape index (κ1) is 10.3. The Labute approximate surface area is 91.8 Å². The highest BCUT2D eigenvalue weighted by atomic mass is 32.1. The zero-order chi connectivity index (χ0) is 10.8. The maximum absolute atomic E-state index is 13.4. The van der Waals surface area contributed by atoms with Gasteiger partial charge in [-0.05, 0) is 30.0 Å². The summed E-state index contributed by atoms with van der Waals surface area (Å²) < 4.78 is 13.4. The smallest absolute Gasteiger partial charge is 0.129 e. The van der Waals surface area contributed by atoms with Crippen LogP contribution in [0.3, 0.4) is 0 Å². The van der Waals surface area contributed by atoms with Gasteiger partial charge in [0.15, 0.2) is 0 Å². The molecular weight excluding hydrogens is 211 g/mol. The lowest BCUT2D eigenvalue weighted by Crippen LogP contribution is -2.00. The fraction of sp³-hybridized carbons (Fsp3) is 0.167. The quantitative estimate of drug-likeness (QED) is 0.826. The van der Waals surface area contributed by atoms with Gasteiger partial charge in [0, 0.05) is 10.4 Å². The molecule has 15 heavy (non-hydrogen) atoms. The molecule has 1 unspecified atom stereocenters. The highest BCUT2D eigenvalue weighted by Crippen LogP contribution is 2.27. The van der Waals surface area contributed by atoms with Gasteiger partial charge < -0.3 is 5.11 Å². The summed E-state index contributed by atoms with van der Waals surface area (Å²) >= 11 is 1.55. The lowest BCUT2D eigenvalue weighted by Gasteiger charge is -2.09. The minimum atomic E-state index is -0.865. The van der Waals surface area contributed by atoms with E-state index in [4.69, 9.17) is 0 Å². The van der Waals surface area contributed by atoms with Crippen molar-refractivity contribution in [2.45, 2.75) is 13.0 Å². The van der Waals surface area contributed by atoms with Gasteiger partial charge in [0.25, 0.3) is 0 Å². The summed E-state index contributed by atoms with van der Waals surface area (Å²) in [7, 11) is 0. The Morgan fingerprint density at radius 2 is 2.07 bits per heavy atom. The largest absolute Gasteiger partial charge is 0.384 e. The highest BCUT2D eigenvalue weighted by Gasteiger charge is 2.15. The zero-order valence-corrected chi connectivity index (χ0v) is 9.09. The molecule has 0 saturated heterocycles. The van der Waals surface area contributed by atoms with Crippen molar-refractivity contribution >= 4 is 11.3 Å². The minimum absolute atomic E-state index is 0.329. The van der Waals surface area contributed by atoms with Gasteiger partial charge in [-0.3, -0.25) is 0 Å². The molecule has 78 valence electrons. The molecule has 3 heteroatoms. The van der Waals surface area contributed by atoms with Gasteiger partial charge in [0.05, 0.1) is 0 Å². The lowest BCUT2D eigenvalue weighted by molar-refractivity contribution is 0.215.